The van der Waals surface area contributed by atoms with Crippen LogP contribution in [-0.4, -0.2) is 18.8 Å². The summed E-state index contributed by atoms with van der Waals surface area (Å²) < 4.78 is 11.8. The second kappa shape index (κ2) is 5.46. The average Bonchev–Trinajstić information content (AvgIpc) is 2.94. The molecule has 1 aliphatic heterocycles. The Morgan fingerprint density at radius 3 is 2.70 bits per heavy atom. The minimum absolute atomic E-state index is 0.675. The van der Waals surface area contributed by atoms with E-state index in [1.54, 1.807) is 7.11 Å². The Labute approximate surface area is 126 Å². The van der Waals surface area contributed by atoms with Gasteiger partial charge in [-0.25, -0.2) is 0 Å². The number of halogens is 1. The van der Waals surface area contributed by atoms with E-state index in [0.29, 0.717) is 6.61 Å². The molecular formula is C16H15BrO3. The van der Waals surface area contributed by atoms with Crippen molar-refractivity contribution >= 4 is 15.9 Å². The topological polar surface area (TPSA) is 38.7 Å². The van der Waals surface area contributed by atoms with Crippen LogP contribution in [0.2, 0.25) is 0 Å². The van der Waals surface area contributed by atoms with Crippen LogP contribution in [-0.2, 0) is 6.42 Å². The van der Waals surface area contributed by atoms with Crippen molar-refractivity contribution in [1.29, 1.82) is 0 Å². The Kier molecular flexibility index (Phi) is 3.68. The Hall–Kier alpha value is -1.52. The largest absolute Gasteiger partial charge is 0.497 e. The molecule has 2 aromatic rings. The lowest BCUT2D eigenvalue weighted by atomic mass is 9.98. The number of ether oxygens (including phenoxy) is 2. The van der Waals surface area contributed by atoms with Gasteiger partial charge in [-0.3, -0.25) is 0 Å². The number of methoxy groups -OCH3 is 1. The second-order valence-electron chi connectivity index (χ2n) is 4.76. The van der Waals surface area contributed by atoms with Crippen LogP contribution in [0.4, 0.5) is 0 Å². The predicted molar refractivity (Wildman–Crippen MR) is 80.4 cm³/mol. The molecule has 20 heavy (non-hydrogen) atoms. The van der Waals surface area contributed by atoms with E-state index < -0.39 is 6.10 Å². The first-order chi connectivity index (χ1) is 9.69. The summed E-state index contributed by atoms with van der Waals surface area (Å²) in [6.45, 7) is 0.675. The number of rotatable bonds is 3. The Morgan fingerprint density at radius 1 is 1.25 bits per heavy atom. The fourth-order valence-electron chi connectivity index (χ4n) is 2.47. The van der Waals surface area contributed by atoms with Crippen molar-refractivity contribution in [2.24, 2.45) is 0 Å². The minimum Gasteiger partial charge on any atom is -0.497 e. The van der Waals surface area contributed by atoms with Crippen LogP contribution in [0.3, 0.4) is 0 Å². The molecule has 3 rings (SSSR count). The monoisotopic (exact) mass is 334 g/mol. The second-order valence-corrected chi connectivity index (χ2v) is 5.67. The maximum absolute atomic E-state index is 10.6. The molecule has 1 heterocycles. The number of aliphatic hydroxyl groups is 1. The highest BCUT2D eigenvalue weighted by atomic mass is 79.9. The summed E-state index contributed by atoms with van der Waals surface area (Å²) in [6.07, 6.45) is 0.183. The van der Waals surface area contributed by atoms with Gasteiger partial charge in [-0.2, -0.15) is 0 Å². The molecule has 1 aliphatic rings. The zero-order valence-electron chi connectivity index (χ0n) is 11.1. The van der Waals surface area contributed by atoms with Crippen molar-refractivity contribution in [3.63, 3.8) is 0 Å². The third-order valence-electron chi connectivity index (χ3n) is 3.50. The third kappa shape index (κ3) is 2.41. The van der Waals surface area contributed by atoms with Crippen LogP contribution >= 0.6 is 15.9 Å². The van der Waals surface area contributed by atoms with Gasteiger partial charge in [0.15, 0.2) is 0 Å². The van der Waals surface area contributed by atoms with E-state index in [1.807, 2.05) is 36.4 Å². The molecule has 0 fully saturated rings. The van der Waals surface area contributed by atoms with E-state index in [2.05, 4.69) is 15.9 Å². The lowest BCUT2D eigenvalue weighted by Crippen LogP contribution is -2.02. The number of fused-ring (bicyclic) bond motifs is 1. The highest BCUT2D eigenvalue weighted by Gasteiger charge is 2.23. The van der Waals surface area contributed by atoms with Gasteiger partial charge in [0.25, 0.3) is 0 Å². The zero-order chi connectivity index (χ0) is 14.1. The molecule has 1 atom stereocenters. The van der Waals surface area contributed by atoms with Gasteiger partial charge in [-0.15, -0.1) is 0 Å². The molecule has 1 N–H and O–H groups in total. The molecule has 104 valence electrons. The summed E-state index contributed by atoms with van der Waals surface area (Å²) in [6, 6.07) is 11.4. The highest BCUT2D eigenvalue weighted by Crippen LogP contribution is 2.38. The Bertz CT molecular complexity index is 622. The maximum Gasteiger partial charge on any atom is 0.128 e. The summed E-state index contributed by atoms with van der Waals surface area (Å²) in [7, 11) is 1.63. The van der Waals surface area contributed by atoms with E-state index in [-0.39, 0.29) is 0 Å². The molecule has 3 nitrogen and oxygen atoms in total. The van der Waals surface area contributed by atoms with Crippen molar-refractivity contribution in [3.05, 3.63) is 57.6 Å². The van der Waals surface area contributed by atoms with Crippen LogP contribution in [0, 0.1) is 0 Å². The summed E-state index contributed by atoms with van der Waals surface area (Å²) in [4.78, 5) is 0. The SMILES string of the molecule is COc1ccc(C(O)c2cc(Br)cc3c2OCC3)cc1. The smallest absolute Gasteiger partial charge is 0.128 e. The molecule has 0 bridgehead atoms. The van der Waals surface area contributed by atoms with Gasteiger partial charge < -0.3 is 14.6 Å². The van der Waals surface area contributed by atoms with Gasteiger partial charge in [0.05, 0.1) is 13.7 Å². The lowest BCUT2D eigenvalue weighted by molar-refractivity contribution is 0.213. The molecule has 2 aromatic carbocycles. The van der Waals surface area contributed by atoms with E-state index in [9.17, 15) is 5.11 Å². The van der Waals surface area contributed by atoms with Crippen molar-refractivity contribution in [3.8, 4) is 11.5 Å². The van der Waals surface area contributed by atoms with Crippen molar-refractivity contribution < 1.29 is 14.6 Å². The standard InChI is InChI=1S/C16H15BrO3/c1-19-13-4-2-10(3-5-13)15(18)14-9-12(17)8-11-6-7-20-16(11)14/h2-5,8-9,15,18H,6-7H2,1H3. The summed E-state index contributed by atoms with van der Waals surface area (Å²) in [5, 5.41) is 10.6. The molecule has 4 heteroatoms. The van der Waals surface area contributed by atoms with Crippen LogP contribution in [0.15, 0.2) is 40.9 Å². The fraction of sp³-hybridized carbons (Fsp3) is 0.250. The number of hydrogen-bond donors (Lipinski definition) is 1. The average molecular weight is 335 g/mol. The number of hydrogen-bond acceptors (Lipinski definition) is 3. The van der Waals surface area contributed by atoms with Gasteiger partial charge >= 0.3 is 0 Å². The quantitative estimate of drug-likeness (QED) is 0.933. The molecule has 0 saturated carbocycles. The first kappa shape index (κ1) is 13.5. The van der Waals surface area contributed by atoms with Gasteiger partial charge in [0.2, 0.25) is 0 Å². The molecule has 0 radical (unpaired) electrons. The van der Waals surface area contributed by atoms with E-state index in [0.717, 1.165) is 39.1 Å². The molecule has 0 spiro atoms. The molecule has 0 amide bonds. The molecule has 0 saturated heterocycles. The number of benzene rings is 2. The zero-order valence-corrected chi connectivity index (χ0v) is 12.7. The van der Waals surface area contributed by atoms with E-state index in [4.69, 9.17) is 9.47 Å². The van der Waals surface area contributed by atoms with Crippen LogP contribution in [0.25, 0.3) is 0 Å². The van der Waals surface area contributed by atoms with E-state index in [1.165, 1.54) is 0 Å². The molecule has 0 aliphatic carbocycles. The highest BCUT2D eigenvalue weighted by molar-refractivity contribution is 9.10. The van der Waals surface area contributed by atoms with Crippen molar-refractivity contribution in [2.75, 3.05) is 13.7 Å². The molecule has 0 aromatic heterocycles. The van der Waals surface area contributed by atoms with E-state index >= 15 is 0 Å². The van der Waals surface area contributed by atoms with Crippen LogP contribution in [0.5, 0.6) is 11.5 Å². The van der Waals surface area contributed by atoms with Gasteiger partial charge in [0, 0.05) is 16.5 Å². The Morgan fingerprint density at radius 2 is 2.00 bits per heavy atom. The lowest BCUT2D eigenvalue weighted by Gasteiger charge is -2.16. The first-order valence-corrected chi connectivity index (χ1v) is 7.25. The summed E-state index contributed by atoms with van der Waals surface area (Å²) >= 11 is 3.49. The maximum atomic E-state index is 10.6. The predicted octanol–water partition coefficient (Wildman–Crippen LogP) is 3.47. The summed E-state index contributed by atoms with van der Waals surface area (Å²) in [5.41, 5.74) is 2.76. The van der Waals surface area contributed by atoms with Gasteiger partial charge in [-0.1, -0.05) is 28.1 Å². The summed E-state index contributed by atoms with van der Waals surface area (Å²) in [5.74, 6) is 1.59. The Balaban J connectivity index is 1.99. The van der Waals surface area contributed by atoms with Crippen LogP contribution in [0.1, 0.15) is 22.8 Å². The van der Waals surface area contributed by atoms with Crippen molar-refractivity contribution in [2.45, 2.75) is 12.5 Å². The van der Waals surface area contributed by atoms with Crippen molar-refractivity contribution in [1.82, 2.24) is 0 Å². The minimum atomic E-state index is -0.703. The normalized spacial score (nSPS) is 14.6. The van der Waals surface area contributed by atoms with Crippen LogP contribution < -0.4 is 9.47 Å². The molecule has 1 unspecified atom stereocenters. The van der Waals surface area contributed by atoms with Gasteiger partial charge in [0.1, 0.15) is 17.6 Å². The number of aliphatic hydroxyl groups excluding tert-OH is 1. The third-order valence-corrected chi connectivity index (χ3v) is 3.96. The van der Waals surface area contributed by atoms with Gasteiger partial charge in [-0.05, 0) is 35.4 Å². The first-order valence-electron chi connectivity index (χ1n) is 6.46. The molecular weight excluding hydrogens is 320 g/mol. The fourth-order valence-corrected chi connectivity index (χ4v) is 2.99.